The zero-order chi connectivity index (χ0) is 17.4. The van der Waals surface area contributed by atoms with Crippen molar-refractivity contribution in [1.29, 1.82) is 0 Å². The Morgan fingerprint density at radius 1 is 1.22 bits per heavy atom. The van der Waals surface area contributed by atoms with Gasteiger partial charge in [0, 0.05) is 5.75 Å². The molecule has 0 radical (unpaired) electrons. The highest BCUT2D eigenvalue weighted by atomic mass is 35.5. The molecule has 0 bridgehead atoms. The minimum absolute atomic E-state index is 0.0378. The van der Waals surface area contributed by atoms with Gasteiger partial charge in [0.15, 0.2) is 0 Å². The van der Waals surface area contributed by atoms with Crippen LogP contribution in [0.25, 0.3) is 0 Å². The van der Waals surface area contributed by atoms with Gasteiger partial charge in [-0.15, -0.1) is 0 Å². The minimum atomic E-state index is -0.449. The number of aliphatic imine (C=N–C) groups is 1. The predicted molar refractivity (Wildman–Crippen MR) is 98.1 cm³/mol. The zero-order valence-electron chi connectivity index (χ0n) is 14.3. The molecular weight excluding hydrogens is 334 g/mol. The monoisotopic (exact) mass is 357 g/mol. The number of hydrogen-bond acceptors (Lipinski definition) is 5. The van der Waals surface area contributed by atoms with Crippen molar-refractivity contribution in [1.82, 2.24) is 0 Å². The van der Waals surface area contributed by atoms with E-state index in [0.29, 0.717) is 21.5 Å². The molecule has 0 saturated carbocycles. The fourth-order valence-electron chi connectivity index (χ4n) is 1.61. The van der Waals surface area contributed by atoms with Crippen molar-refractivity contribution in [3.8, 4) is 0 Å². The van der Waals surface area contributed by atoms with Crippen LogP contribution < -0.4 is 0 Å². The van der Waals surface area contributed by atoms with Gasteiger partial charge in [-0.25, -0.2) is 9.79 Å². The Bertz CT molecular complexity index is 559. The number of benzene rings is 1. The van der Waals surface area contributed by atoms with Crippen molar-refractivity contribution in [2.75, 3.05) is 5.75 Å². The van der Waals surface area contributed by atoms with Crippen LogP contribution in [0, 0.1) is 0 Å². The number of esters is 1. The van der Waals surface area contributed by atoms with Crippen LogP contribution >= 0.6 is 23.4 Å². The van der Waals surface area contributed by atoms with Gasteiger partial charge in [0.25, 0.3) is 5.23 Å². The van der Waals surface area contributed by atoms with Gasteiger partial charge in [0.1, 0.15) is 0 Å². The van der Waals surface area contributed by atoms with E-state index in [1.165, 1.54) is 0 Å². The first-order valence-corrected chi connectivity index (χ1v) is 9.08. The molecule has 4 nitrogen and oxygen atoms in total. The third-order valence-electron chi connectivity index (χ3n) is 2.50. The summed E-state index contributed by atoms with van der Waals surface area (Å²) < 4.78 is 10.9. The lowest BCUT2D eigenvalue weighted by atomic mass is 10.2. The molecule has 0 aliphatic heterocycles. The average Bonchev–Trinajstić information content (AvgIpc) is 2.45. The summed E-state index contributed by atoms with van der Waals surface area (Å²) in [4.78, 5) is 16.6. The second kappa shape index (κ2) is 9.83. The Labute approximate surface area is 147 Å². The summed E-state index contributed by atoms with van der Waals surface area (Å²) in [5.74, 6) is 0.469. The van der Waals surface area contributed by atoms with Crippen LogP contribution in [0.3, 0.4) is 0 Å². The molecule has 1 aromatic carbocycles. The Balaban J connectivity index is 3.05. The van der Waals surface area contributed by atoms with Gasteiger partial charge >= 0.3 is 5.97 Å². The quantitative estimate of drug-likeness (QED) is 0.385. The van der Waals surface area contributed by atoms with E-state index >= 15 is 0 Å². The van der Waals surface area contributed by atoms with E-state index < -0.39 is 5.97 Å². The van der Waals surface area contributed by atoms with Crippen molar-refractivity contribution in [3.05, 3.63) is 28.8 Å². The van der Waals surface area contributed by atoms with Gasteiger partial charge < -0.3 is 9.47 Å². The molecule has 0 unspecified atom stereocenters. The molecule has 0 N–H and O–H groups in total. The summed E-state index contributed by atoms with van der Waals surface area (Å²) in [6, 6.07) is 5.03. The number of rotatable bonds is 6. The number of nitrogens with zero attached hydrogens (tertiary/aromatic N) is 1. The number of ether oxygens (including phenoxy) is 2. The van der Waals surface area contributed by atoms with Gasteiger partial charge in [-0.05, 0) is 52.3 Å². The van der Waals surface area contributed by atoms with E-state index in [4.69, 9.17) is 21.1 Å². The lowest BCUT2D eigenvalue weighted by molar-refractivity contribution is 0.0378. The van der Waals surface area contributed by atoms with E-state index in [-0.39, 0.29) is 12.2 Å². The van der Waals surface area contributed by atoms with E-state index in [1.807, 2.05) is 13.8 Å². The van der Waals surface area contributed by atoms with Crippen LogP contribution in [0.2, 0.25) is 5.02 Å². The van der Waals surface area contributed by atoms with Gasteiger partial charge in [0.2, 0.25) is 0 Å². The smallest absolute Gasteiger partial charge is 0.339 e. The van der Waals surface area contributed by atoms with Crippen molar-refractivity contribution in [2.45, 2.75) is 53.2 Å². The van der Waals surface area contributed by atoms with Crippen LogP contribution in [0.15, 0.2) is 23.2 Å². The van der Waals surface area contributed by atoms with E-state index in [0.717, 1.165) is 12.2 Å². The standard InChI is InChI=1S/C17H24ClNO3S/c1-6-9-23-17(22-12(4)5)19-13-7-8-15(18)14(10-13)16(20)21-11(2)3/h7-8,10-12H,6,9H2,1-5H3. The van der Waals surface area contributed by atoms with Crippen LogP contribution in [0.1, 0.15) is 51.4 Å². The molecule has 0 aliphatic carbocycles. The maximum absolute atomic E-state index is 12.1. The molecular formula is C17H24ClNO3S. The third-order valence-corrected chi connectivity index (χ3v) is 3.88. The first-order chi connectivity index (χ1) is 10.8. The van der Waals surface area contributed by atoms with Crippen molar-refractivity contribution in [3.63, 3.8) is 0 Å². The van der Waals surface area contributed by atoms with Crippen LogP contribution in [0.4, 0.5) is 5.69 Å². The SMILES string of the molecule is CCCSC(=Nc1ccc(Cl)c(C(=O)OC(C)C)c1)OC(C)C. The second-order valence-electron chi connectivity index (χ2n) is 5.51. The number of carbonyl (C=O) groups excluding carboxylic acids is 1. The molecule has 0 amide bonds. The fraction of sp³-hybridized carbons (Fsp3) is 0.529. The van der Waals surface area contributed by atoms with Crippen molar-refractivity contribution in [2.24, 2.45) is 4.99 Å². The fourth-order valence-corrected chi connectivity index (χ4v) is 2.61. The molecule has 0 spiro atoms. The summed E-state index contributed by atoms with van der Waals surface area (Å²) in [6.07, 6.45) is 0.860. The molecule has 0 aromatic heterocycles. The van der Waals surface area contributed by atoms with E-state index in [2.05, 4.69) is 11.9 Å². The topological polar surface area (TPSA) is 47.9 Å². The van der Waals surface area contributed by atoms with Crippen LogP contribution in [-0.2, 0) is 9.47 Å². The summed E-state index contributed by atoms with van der Waals surface area (Å²) in [5.41, 5.74) is 0.926. The molecule has 0 fully saturated rings. The Morgan fingerprint density at radius 3 is 2.43 bits per heavy atom. The predicted octanol–water partition coefficient (Wildman–Crippen LogP) is 5.46. The molecule has 0 saturated heterocycles. The number of thioether (sulfide) groups is 1. The number of hydrogen-bond donors (Lipinski definition) is 0. The van der Waals surface area contributed by atoms with Crippen molar-refractivity contribution < 1.29 is 14.3 Å². The first kappa shape index (κ1) is 19.8. The third kappa shape index (κ3) is 7.27. The zero-order valence-corrected chi connectivity index (χ0v) is 15.8. The van der Waals surface area contributed by atoms with Gasteiger partial charge in [-0.3, -0.25) is 0 Å². The molecule has 0 atom stereocenters. The normalized spacial score (nSPS) is 11.9. The molecule has 1 rings (SSSR count). The van der Waals surface area contributed by atoms with Crippen LogP contribution in [0.5, 0.6) is 0 Å². The highest BCUT2D eigenvalue weighted by molar-refractivity contribution is 8.13. The van der Waals surface area contributed by atoms with Gasteiger partial charge in [0.05, 0.1) is 28.5 Å². The maximum atomic E-state index is 12.1. The molecule has 0 aliphatic rings. The highest BCUT2D eigenvalue weighted by Gasteiger charge is 2.15. The van der Waals surface area contributed by atoms with E-state index in [1.54, 1.807) is 43.8 Å². The van der Waals surface area contributed by atoms with Crippen molar-refractivity contribution >= 4 is 40.2 Å². The minimum Gasteiger partial charge on any atom is -0.470 e. The molecule has 1 aromatic rings. The lowest BCUT2D eigenvalue weighted by Crippen LogP contribution is -2.12. The van der Waals surface area contributed by atoms with Gasteiger partial charge in [-0.1, -0.05) is 30.3 Å². The summed E-state index contributed by atoms with van der Waals surface area (Å²) in [6.45, 7) is 9.60. The molecule has 128 valence electrons. The maximum Gasteiger partial charge on any atom is 0.339 e. The Hall–Kier alpha value is -1.20. The first-order valence-electron chi connectivity index (χ1n) is 7.72. The number of halogens is 1. The summed E-state index contributed by atoms with van der Waals surface area (Å²) >= 11 is 7.65. The lowest BCUT2D eigenvalue weighted by Gasteiger charge is -2.12. The Kier molecular flexibility index (Phi) is 8.48. The highest BCUT2D eigenvalue weighted by Crippen LogP contribution is 2.25. The largest absolute Gasteiger partial charge is 0.470 e. The molecule has 0 heterocycles. The average molecular weight is 358 g/mol. The van der Waals surface area contributed by atoms with Gasteiger partial charge in [-0.2, -0.15) is 0 Å². The summed E-state index contributed by atoms with van der Waals surface area (Å²) in [7, 11) is 0. The molecule has 23 heavy (non-hydrogen) atoms. The summed E-state index contributed by atoms with van der Waals surface area (Å²) in [5, 5.41) is 0.939. The van der Waals surface area contributed by atoms with E-state index in [9.17, 15) is 4.79 Å². The second-order valence-corrected chi connectivity index (χ2v) is 6.96. The Morgan fingerprint density at radius 2 is 1.87 bits per heavy atom. The molecule has 6 heteroatoms. The van der Waals surface area contributed by atoms with Crippen LogP contribution in [-0.4, -0.2) is 29.2 Å². The number of carbonyl (C=O) groups is 1.